The van der Waals surface area contributed by atoms with E-state index in [-0.39, 0.29) is 5.91 Å². The summed E-state index contributed by atoms with van der Waals surface area (Å²) in [5, 5.41) is 6.11. The number of hydrogen-bond acceptors (Lipinski definition) is 4. The van der Waals surface area contributed by atoms with Crippen molar-refractivity contribution in [2.45, 2.75) is 26.3 Å². The fraction of sp³-hybridized carbons (Fsp3) is 0.190. The van der Waals surface area contributed by atoms with E-state index in [0.29, 0.717) is 18.2 Å². The Morgan fingerprint density at radius 3 is 2.35 bits per heavy atom. The molecule has 0 aliphatic rings. The largest absolute Gasteiger partial charge is 0.354 e. The lowest BCUT2D eigenvalue weighted by Crippen LogP contribution is -2.24. The number of rotatable bonds is 6. The summed E-state index contributed by atoms with van der Waals surface area (Å²) in [6, 6.07) is 17.5. The Kier molecular flexibility index (Phi) is 5.59. The van der Waals surface area contributed by atoms with Crippen molar-refractivity contribution in [2.75, 3.05) is 5.32 Å². The third-order valence-electron chi connectivity index (χ3n) is 4.02. The van der Waals surface area contributed by atoms with Crippen LogP contribution in [0.3, 0.4) is 0 Å². The Hall–Kier alpha value is -3.21. The lowest BCUT2D eigenvalue weighted by molar-refractivity contribution is 0.0945. The first-order chi connectivity index (χ1) is 12.6. The average Bonchev–Trinajstić information content (AvgIpc) is 2.68. The van der Waals surface area contributed by atoms with E-state index >= 15 is 0 Å². The molecule has 0 atom stereocenters. The van der Waals surface area contributed by atoms with Crippen molar-refractivity contribution in [1.82, 2.24) is 15.3 Å². The second-order valence-corrected chi connectivity index (χ2v) is 6.34. The van der Waals surface area contributed by atoms with Gasteiger partial charge >= 0.3 is 0 Å². The third-order valence-corrected chi connectivity index (χ3v) is 4.02. The van der Waals surface area contributed by atoms with Crippen LogP contribution in [0.4, 0.5) is 11.4 Å². The molecule has 0 saturated carbocycles. The monoisotopic (exact) mass is 346 g/mol. The van der Waals surface area contributed by atoms with E-state index in [1.54, 1.807) is 18.5 Å². The van der Waals surface area contributed by atoms with Crippen LogP contribution in [-0.4, -0.2) is 15.9 Å². The molecule has 0 aliphatic carbocycles. The van der Waals surface area contributed by atoms with Crippen LogP contribution in [0.15, 0.2) is 67.0 Å². The maximum Gasteiger partial charge on any atom is 0.270 e. The zero-order valence-corrected chi connectivity index (χ0v) is 14.9. The Balaban J connectivity index is 1.58. The fourth-order valence-electron chi connectivity index (χ4n) is 2.48. The molecular formula is C21H22N4O. The molecular weight excluding hydrogens is 324 g/mol. The van der Waals surface area contributed by atoms with Gasteiger partial charge in [0.2, 0.25) is 0 Å². The second kappa shape index (κ2) is 8.25. The van der Waals surface area contributed by atoms with Crippen LogP contribution in [0.2, 0.25) is 0 Å². The number of hydrogen-bond donors (Lipinski definition) is 2. The van der Waals surface area contributed by atoms with Crippen molar-refractivity contribution >= 4 is 17.3 Å². The van der Waals surface area contributed by atoms with Gasteiger partial charge in [0.25, 0.3) is 5.91 Å². The predicted octanol–water partition coefficient (Wildman–Crippen LogP) is 4.27. The normalized spacial score (nSPS) is 10.6. The van der Waals surface area contributed by atoms with E-state index in [4.69, 9.17) is 0 Å². The van der Waals surface area contributed by atoms with Crippen LogP contribution in [0.5, 0.6) is 0 Å². The molecule has 3 rings (SSSR count). The topological polar surface area (TPSA) is 66.9 Å². The molecule has 1 aromatic carbocycles. The number of carbonyl (C=O) groups excluding carboxylic acids is 1. The summed E-state index contributed by atoms with van der Waals surface area (Å²) in [7, 11) is 0. The van der Waals surface area contributed by atoms with Gasteiger partial charge in [-0.25, -0.2) is 4.98 Å². The number of anilines is 2. The van der Waals surface area contributed by atoms with Crippen molar-refractivity contribution in [3.05, 3.63) is 83.9 Å². The van der Waals surface area contributed by atoms with E-state index in [9.17, 15) is 4.79 Å². The molecule has 0 aliphatic heterocycles. The quantitative estimate of drug-likeness (QED) is 0.699. The summed E-state index contributed by atoms with van der Waals surface area (Å²) >= 11 is 0. The molecule has 26 heavy (non-hydrogen) atoms. The zero-order valence-electron chi connectivity index (χ0n) is 14.9. The summed E-state index contributed by atoms with van der Waals surface area (Å²) in [5.74, 6) is 0.290. The Bertz CT molecular complexity index is 843. The van der Waals surface area contributed by atoms with Gasteiger partial charge < -0.3 is 10.6 Å². The molecule has 1 amide bonds. The van der Waals surface area contributed by atoms with Crippen LogP contribution >= 0.6 is 0 Å². The summed E-state index contributed by atoms with van der Waals surface area (Å²) in [5.41, 5.74) is 4.31. The fourth-order valence-corrected chi connectivity index (χ4v) is 2.48. The highest BCUT2D eigenvalue weighted by Crippen LogP contribution is 2.20. The maximum atomic E-state index is 12.2. The minimum Gasteiger partial charge on any atom is -0.354 e. The molecule has 0 saturated heterocycles. The maximum absolute atomic E-state index is 12.2. The lowest BCUT2D eigenvalue weighted by Gasteiger charge is -2.10. The molecule has 2 heterocycles. The van der Waals surface area contributed by atoms with Crippen LogP contribution < -0.4 is 10.6 Å². The third kappa shape index (κ3) is 4.66. The molecule has 0 unspecified atom stereocenters. The molecule has 5 heteroatoms. The summed E-state index contributed by atoms with van der Waals surface area (Å²) in [4.78, 5) is 20.6. The number of nitrogens with one attached hydrogen (secondary N) is 2. The molecule has 5 nitrogen and oxygen atoms in total. The summed E-state index contributed by atoms with van der Waals surface area (Å²) in [6.07, 6.45) is 3.36. The number of nitrogens with zero attached hydrogens (tertiary/aromatic N) is 2. The molecule has 2 aromatic heterocycles. The number of carbonyl (C=O) groups is 1. The van der Waals surface area contributed by atoms with Crippen molar-refractivity contribution < 1.29 is 4.79 Å². The average molecular weight is 346 g/mol. The first kappa shape index (κ1) is 17.6. The molecule has 132 valence electrons. The van der Waals surface area contributed by atoms with Gasteiger partial charge in [-0.15, -0.1) is 0 Å². The van der Waals surface area contributed by atoms with Gasteiger partial charge in [0, 0.05) is 11.9 Å². The molecule has 0 radical (unpaired) electrons. The highest BCUT2D eigenvalue weighted by molar-refractivity contribution is 5.92. The van der Waals surface area contributed by atoms with Gasteiger partial charge in [0.15, 0.2) is 0 Å². The van der Waals surface area contributed by atoms with Crippen LogP contribution in [0.25, 0.3) is 0 Å². The molecule has 0 spiro atoms. The molecule has 3 aromatic rings. The molecule has 0 fully saturated rings. The van der Waals surface area contributed by atoms with E-state index in [0.717, 1.165) is 17.1 Å². The van der Waals surface area contributed by atoms with Crippen LogP contribution in [0.1, 0.15) is 41.5 Å². The zero-order chi connectivity index (χ0) is 18.4. The van der Waals surface area contributed by atoms with Gasteiger partial charge in [0.1, 0.15) is 5.69 Å². The minimum absolute atomic E-state index is 0.219. The minimum atomic E-state index is -0.219. The predicted molar refractivity (Wildman–Crippen MR) is 103 cm³/mol. The van der Waals surface area contributed by atoms with E-state index < -0.39 is 0 Å². The van der Waals surface area contributed by atoms with Gasteiger partial charge in [-0.05, 0) is 47.9 Å². The molecule has 2 N–H and O–H groups in total. The van der Waals surface area contributed by atoms with Crippen LogP contribution in [0, 0.1) is 0 Å². The van der Waals surface area contributed by atoms with Crippen LogP contribution in [-0.2, 0) is 6.54 Å². The van der Waals surface area contributed by atoms with Crippen molar-refractivity contribution in [3.63, 3.8) is 0 Å². The van der Waals surface area contributed by atoms with E-state index in [2.05, 4.69) is 46.6 Å². The van der Waals surface area contributed by atoms with E-state index in [1.807, 2.05) is 36.4 Å². The Morgan fingerprint density at radius 1 is 0.962 bits per heavy atom. The smallest absolute Gasteiger partial charge is 0.270 e. The number of benzene rings is 1. The van der Waals surface area contributed by atoms with E-state index in [1.165, 1.54) is 5.56 Å². The highest BCUT2D eigenvalue weighted by Gasteiger charge is 2.07. The number of pyridine rings is 2. The second-order valence-electron chi connectivity index (χ2n) is 6.34. The summed E-state index contributed by atoms with van der Waals surface area (Å²) in [6.45, 7) is 4.72. The van der Waals surface area contributed by atoms with Gasteiger partial charge in [0.05, 0.1) is 24.1 Å². The van der Waals surface area contributed by atoms with Gasteiger partial charge in [-0.2, -0.15) is 0 Å². The summed E-state index contributed by atoms with van der Waals surface area (Å²) < 4.78 is 0. The molecule has 0 bridgehead atoms. The van der Waals surface area contributed by atoms with Crippen molar-refractivity contribution in [3.8, 4) is 0 Å². The number of aromatic nitrogens is 2. The number of amides is 1. The lowest BCUT2D eigenvalue weighted by atomic mass is 10.0. The highest BCUT2D eigenvalue weighted by atomic mass is 16.1. The van der Waals surface area contributed by atoms with Crippen molar-refractivity contribution in [2.24, 2.45) is 0 Å². The standard InChI is InChI=1S/C21H22N4O/c1-15(2)16-6-8-17(9-7-16)25-19-10-11-20(23-14-19)21(26)24-13-18-5-3-4-12-22-18/h3-12,14-15,25H,13H2,1-2H3,(H,24,26). The van der Waals surface area contributed by atoms with Gasteiger partial charge in [-0.1, -0.05) is 32.0 Å². The first-order valence-electron chi connectivity index (χ1n) is 8.63. The SMILES string of the molecule is CC(C)c1ccc(Nc2ccc(C(=O)NCc3ccccn3)nc2)cc1. The first-order valence-corrected chi connectivity index (χ1v) is 8.63. The van der Waals surface area contributed by atoms with Crippen molar-refractivity contribution in [1.29, 1.82) is 0 Å². The Morgan fingerprint density at radius 2 is 1.73 bits per heavy atom. The Labute approximate surface area is 153 Å². The van der Waals surface area contributed by atoms with Gasteiger partial charge in [-0.3, -0.25) is 9.78 Å².